The number of nitrogens with one attached hydrogen (secondary N) is 1. The minimum absolute atomic E-state index is 0.0514. The second-order valence-electron chi connectivity index (χ2n) is 6.82. The summed E-state index contributed by atoms with van der Waals surface area (Å²) in [6.45, 7) is 6.87. The van der Waals surface area contributed by atoms with E-state index in [-0.39, 0.29) is 18.1 Å². The fraction of sp³-hybridized carbons (Fsp3) is 0.409. The van der Waals surface area contributed by atoms with Crippen LogP contribution >= 0.6 is 0 Å². The van der Waals surface area contributed by atoms with Crippen molar-refractivity contribution in [3.05, 3.63) is 53.6 Å². The maximum atomic E-state index is 13.2. The SMILES string of the molecule is CCCOc1cc([C@@H]2Nc3ccccc3C(=O)N2[C@@H](C)CC)ccc1OC. The van der Waals surface area contributed by atoms with Crippen LogP contribution in [0.3, 0.4) is 0 Å². The molecule has 0 radical (unpaired) electrons. The number of rotatable bonds is 7. The third-order valence-electron chi connectivity index (χ3n) is 4.99. The molecule has 0 fully saturated rings. The lowest BCUT2D eigenvalue weighted by atomic mass is 10.0. The van der Waals surface area contributed by atoms with Crippen LogP contribution in [0.15, 0.2) is 42.5 Å². The van der Waals surface area contributed by atoms with E-state index >= 15 is 0 Å². The standard InChI is InChI=1S/C22H28N2O3/c1-5-13-27-20-14-16(11-12-19(20)26-4)21-23-18-10-8-7-9-17(18)22(25)24(21)15(3)6-2/h7-12,14-15,21,23H,5-6,13H2,1-4H3/t15-,21+/m0/s1. The van der Waals surface area contributed by atoms with Crippen LogP contribution in [0, 0.1) is 0 Å². The molecule has 0 spiro atoms. The Morgan fingerprint density at radius 1 is 1.15 bits per heavy atom. The van der Waals surface area contributed by atoms with E-state index in [1.807, 2.05) is 47.4 Å². The van der Waals surface area contributed by atoms with Crippen molar-refractivity contribution in [2.45, 2.75) is 45.8 Å². The zero-order valence-corrected chi connectivity index (χ0v) is 16.5. The van der Waals surface area contributed by atoms with E-state index in [1.54, 1.807) is 7.11 Å². The Hall–Kier alpha value is -2.69. The molecular formula is C22H28N2O3. The maximum Gasteiger partial charge on any atom is 0.258 e. The predicted octanol–water partition coefficient (Wildman–Crippen LogP) is 4.85. The van der Waals surface area contributed by atoms with Crippen LogP contribution in [-0.4, -0.2) is 30.6 Å². The predicted molar refractivity (Wildman–Crippen MR) is 108 cm³/mol. The number of ether oxygens (including phenoxy) is 2. The molecule has 0 aliphatic carbocycles. The summed E-state index contributed by atoms with van der Waals surface area (Å²) in [6.07, 6.45) is 1.54. The van der Waals surface area contributed by atoms with Crippen LogP contribution in [0.5, 0.6) is 11.5 Å². The third-order valence-corrected chi connectivity index (χ3v) is 4.99. The van der Waals surface area contributed by atoms with Gasteiger partial charge in [-0.05, 0) is 49.6 Å². The minimum Gasteiger partial charge on any atom is -0.493 e. The second kappa shape index (κ2) is 8.33. The molecule has 27 heavy (non-hydrogen) atoms. The first-order valence-electron chi connectivity index (χ1n) is 9.59. The number of para-hydroxylation sites is 1. The van der Waals surface area contributed by atoms with E-state index in [9.17, 15) is 4.79 Å². The monoisotopic (exact) mass is 368 g/mol. The molecule has 1 aliphatic heterocycles. The number of benzene rings is 2. The summed E-state index contributed by atoms with van der Waals surface area (Å²) in [5.74, 6) is 1.45. The number of fused-ring (bicyclic) bond motifs is 1. The van der Waals surface area contributed by atoms with Crippen molar-refractivity contribution in [1.29, 1.82) is 0 Å². The summed E-state index contributed by atoms with van der Waals surface area (Å²) >= 11 is 0. The highest BCUT2D eigenvalue weighted by atomic mass is 16.5. The topological polar surface area (TPSA) is 50.8 Å². The van der Waals surface area contributed by atoms with E-state index in [0.29, 0.717) is 23.7 Å². The molecule has 1 aliphatic rings. The van der Waals surface area contributed by atoms with Gasteiger partial charge in [-0.15, -0.1) is 0 Å². The fourth-order valence-electron chi connectivity index (χ4n) is 3.35. The zero-order chi connectivity index (χ0) is 19.4. The van der Waals surface area contributed by atoms with Crippen molar-refractivity contribution in [2.24, 2.45) is 0 Å². The molecule has 2 atom stereocenters. The van der Waals surface area contributed by atoms with Gasteiger partial charge in [-0.2, -0.15) is 0 Å². The molecule has 0 saturated carbocycles. The Morgan fingerprint density at radius 2 is 1.93 bits per heavy atom. The molecule has 0 saturated heterocycles. The van der Waals surface area contributed by atoms with E-state index in [1.165, 1.54) is 0 Å². The van der Waals surface area contributed by atoms with Crippen molar-refractivity contribution in [3.63, 3.8) is 0 Å². The van der Waals surface area contributed by atoms with Gasteiger partial charge >= 0.3 is 0 Å². The van der Waals surface area contributed by atoms with Gasteiger partial charge in [-0.1, -0.05) is 32.0 Å². The Kier molecular flexibility index (Phi) is 5.89. The molecule has 2 aromatic carbocycles. The molecule has 5 nitrogen and oxygen atoms in total. The van der Waals surface area contributed by atoms with Gasteiger partial charge < -0.3 is 19.7 Å². The normalized spacial score (nSPS) is 17.1. The summed E-state index contributed by atoms with van der Waals surface area (Å²) in [4.78, 5) is 15.1. The Balaban J connectivity index is 2.04. The number of methoxy groups -OCH3 is 1. The smallest absolute Gasteiger partial charge is 0.258 e. The summed E-state index contributed by atoms with van der Waals surface area (Å²) in [5.41, 5.74) is 2.55. The molecular weight excluding hydrogens is 340 g/mol. The van der Waals surface area contributed by atoms with Crippen LogP contribution in [-0.2, 0) is 0 Å². The van der Waals surface area contributed by atoms with Gasteiger partial charge in [-0.3, -0.25) is 4.79 Å². The Morgan fingerprint density at radius 3 is 2.63 bits per heavy atom. The Labute approximate surface area is 161 Å². The lowest BCUT2D eigenvalue weighted by molar-refractivity contribution is 0.0593. The number of hydrogen-bond donors (Lipinski definition) is 1. The highest BCUT2D eigenvalue weighted by Gasteiger charge is 2.35. The van der Waals surface area contributed by atoms with Gasteiger partial charge in [0.05, 0.1) is 19.3 Å². The summed E-state index contributed by atoms with van der Waals surface area (Å²) in [7, 11) is 1.64. The van der Waals surface area contributed by atoms with Gasteiger partial charge in [0, 0.05) is 11.7 Å². The molecule has 0 aromatic heterocycles. The lowest BCUT2D eigenvalue weighted by Crippen LogP contribution is -2.47. The van der Waals surface area contributed by atoms with Gasteiger partial charge in [0.2, 0.25) is 0 Å². The van der Waals surface area contributed by atoms with Crippen molar-refractivity contribution < 1.29 is 14.3 Å². The van der Waals surface area contributed by atoms with Crippen molar-refractivity contribution in [1.82, 2.24) is 4.90 Å². The molecule has 3 rings (SSSR count). The zero-order valence-electron chi connectivity index (χ0n) is 16.5. The number of carbonyl (C=O) groups is 1. The number of hydrogen-bond acceptors (Lipinski definition) is 4. The average Bonchev–Trinajstić information content (AvgIpc) is 2.71. The molecule has 2 aromatic rings. The van der Waals surface area contributed by atoms with Crippen LogP contribution in [0.25, 0.3) is 0 Å². The van der Waals surface area contributed by atoms with Crippen molar-refractivity contribution >= 4 is 11.6 Å². The van der Waals surface area contributed by atoms with Crippen LogP contribution in [0.1, 0.15) is 55.7 Å². The van der Waals surface area contributed by atoms with Gasteiger partial charge in [0.25, 0.3) is 5.91 Å². The molecule has 0 unspecified atom stereocenters. The maximum absolute atomic E-state index is 13.2. The van der Waals surface area contributed by atoms with Crippen molar-refractivity contribution in [2.75, 3.05) is 19.0 Å². The van der Waals surface area contributed by atoms with Crippen LogP contribution in [0.2, 0.25) is 0 Å². The molecule has 1 amide bonds. The van der Waals surface area contributed by atoms with Crippen molar-refractivity contribution in [3.8, 4) is 11.5 Å². The lowest BCUT2D eigenvalue weighted by Gasteiger charge is -2.41. The quantitative estimate of drug-likeness (QED) is 0.759. The fourth-order valence-corrected chi connectivity index (χ4v) is 3.35. The molecule has 5 heteroatoms. The van der Waals surface area contributed by atoms with E-state index in [4.69, 9.17) is 9.47 Å². The largest absolute Gasteiger partial charge is 0.493 e. The second-order valence-corrected chi connectivity index (χ2v) is 6.82. The number of nitrogens with zero attached hydrogens (tertiary/aromatic N) is 1. The first kappa shape index (κ1) is 19.1. The summed E-state index contributed by atoms with van der Waals surface area (Å²) in [5, 5.41) is 3.54. The number of anilines is 1. The molecule has 144 valence electrons. The number of carbonyl (C=O) groups excluding carboxylic acids is 1. The third kappa shape index (κ3) is 3.72. The highest BCUT2D eigenvalue weighted by Crippen LogP contribution is 2.38. The van der Waals surface area contributed by atoms with Crippen LogP contribution in [0.4, 0.5) is 5.69 Å². The Bertz CT molecular complexity index is 806. The van der Waals surface area contributed by atoms with Gasteiger partial charge in [-0.25, -0.2) is 0 Å². The summed E-state index contributed by atoms with van der Waals surface area (Å²) < 4.78 is 11.3. The molecule has 1 heterocycles. The van der Waals surface area contributed by atoms with Crippen LogP contribution < -0.4 is 14.8 Å². The van der Waals surface area contributed by atoms with E-state index < -0.39 is 0 Å². The first-order chi connectivity index (χ1) is 13.1. The molecule has 0 bridgehead atoms. The first-order valence-corrected chi connectivity index (χ1v) is 9.59. The number of amides is 1. The average molecular weight is 368 g/mol. The minimum atomic E-state index is -0.253. The summed E-state index contributed by atoms with van der Waals surface area (Å²) in [6, 6.07) is 13.6. The van der Waals surface area contributed by atoms with E-state index in [0.717, 1.165) is 24.1 Å². The van der Waals surface area contributed by atoms with Gasteiger partial charge in [0.15, 0.2) is 11.5 Å². The van der Waals surface area contributed by atoms with Gasteiger partial charge in [0.1, 0.15) is 6.17 Å². The van der Waals surface area contributed by atoms with E-state index in [2.05, 4.69) is 26.1 Å². The highest BCUT2D eigenvalue weighted by molar-refractivity contribution is 6.01. The molecule has 1 N–H and O–H groups in total.